The van der Waals surface area contributed by atoms with E-state index < -0.39 is 72.8 Å². The molecule has 362 valence electrons. The van der Waals surface area contributed by atoms with Crippen molar-refractivity contribution in [1.82, 2.24) is 26.6 Å². The van der Waals surface area contributed by atoms with Gasteiger partial charge in [0.2, 0.25) is 29.5 Å². The molecule has 20 nitrogen and oxygen atoms in total. The summed E-state index contributed by atoms with van der Waals surface area (Å²) >= 11 is 0. The molecule has 5 amide bonds. The SMILES string of the molecule is CCCCNC(=O)CC[C@H](NC(=O)CC[C@H](NC(=O)COCCOCCNC(=O)CC[C@H](NC(=O)CCCCCCCCCCCCCCCCC(=O)O)C(=O)O)C(=O)O)C(=O)O. The molecule has 0 heterocycles. The van der Waals surface area contributed by atoms with Crippen molar-refractivity contribution in [2.75, 3.05) is 39.5 Å². The van der Waals surface area contributed by atoms with Crippen molar-refractivity contribution < 1.29 is 73.1 Å². The van der Waals surface area contributed by atoms with Gasteiger partial charge in [0.15, 0.2) is 0 Å². The van der Waals surface area contributed by atoms with Crippen LogP contribution >= 0.6 is 0 Å². The lowest BCUT2D eigenvalue weighted by Crippen LogP contribution is -2.45. The molecule has 3 atom stereocenters. The van der Waals surface area contributed by atoms with E-state index in [1.165, 1.54) is 32.1 Å². The van der Waals surface area contributed by atoms with Crippen LogP contribution in [0.1, 0.15) is 161 Å². The molecule has 0 rings (SSSR count). The van der Waals surface area contributed by atoms with Gasteiger partial charge >= 0.3 is 23.9 Å². The Bertz CT molecular complexity index is 1370. The van der Waals surface area contributed by atoms with Crippen LogP contribution in [-0.4, -0.2) is 131 Å². The largest absolute Gasteiger partial charge is 0.481 e. The number of nitrogens with one attached hydrogen (secondary N) is 5. The van der Waals surface area contributed by atoms with Crippen molar-refractivity contribution in [2.24, 2.45) is 0 Å². The van der Waals surface area contributed by atoms with Gasteiger partial charge in [0.1, 0.15) is 24.7 Å². The lowest BCUT2D eigenvalue weighted by Gasteiger charge is -2.17. The third-order valence-electron chi connectivity index (χ3n) is 9.95. The topological polar surface area (TPSA) is 313 Å². The molecule has 0 radical (unpaired) electrons. The standard InChI is InChI=1S/C43H75N5O15/c1-2-3-26-44-35(49)23-20-33(42(58)59)47-38(52)25-22-34(43(60)61)48-39(53)31-63-30-29-62-28-27-45-36(50)24-21-32(41(56)57)46-37(51)18-16-14-12-10-8-6-4-5-7-9-11-13-15-17-19-40(54)55/h32-34H,2-31H2,1H3,(H,44,49)(H,45,50)(H,46,51)(H,47,52)(H,48,53)(H,54,55)(H,56,57)(H,58,59)(H,60,61)/t32-,33-,34-/m0/s1. The van der Waals surface area contributed by atoms with Gasteiger partial charge in [0.25, 0.3) is 0 Å². The third kappa shape index (κ3) is 36.4. The molecular weight excluding hydrogens is 826 g/mol. The fourth-order valence-electron chi connectivity index (χ4n) is 6.28. The molecule has 0 bridgehead atoms. The van der Waals surface area contributed by atoms with Crippen LogP contribution in [0, 0.1) is 0 Å². The second-order valence-electron chi connectivity index (χ2n) is 15.6. The number of hydrogen-bond acceptors (Lipinski definition) is 11. The Hall–Kier alpha value is -4.85. The molecule has 0 aromatic rings. The number of amides is 5. The molecule has 0 fully saturated rings. The molecule has 0 unspecified atom stereocenters. The maximum Gasteiger partial charge on any atom is 0.326 e. The van der Waals surface area contributed by atoms with Gasteiger partial charge in [-0.25, -0.2) is 14.4 Å². The third-order valence-corrected chi connectivity index (χ3v) is 9.95. The number of hydrogen-bond donors (Lipinski definition) is 9. The molecule has 0 saturated carbocycles. The predicted octanol–water partition coefficient (Wildman–Crippen LogP) is 3.43. The van der Waals surface area contributed by atoms with E-state index >= 15 is 0 Å². The van der Waals surface area contributed by atoms with Crippen molar-refractivity contribution in [3.63, 3.8) is 0 Å². The van der Waals surface area contributed by atoms with E-state index in [2.05, 4.69) is 26.6 Å². The van der Waals surface area contributed by atoms with Crippen LogP contribution in [0.5, 0.6) is 0 Å². The van der Waals surface area contributed by atoms with Crippen molar-refractivity contribution in [3.05, 3.63) is 0 Å². The molecule has 20 heteroatoms. The summed E-state index contributed by atoms with van der Waals surface area (Å²) in [4.78, 5) is 106. The molecule has 0 aliphatic rings. The Morgan fingerprint density at radius 2 is 0.762 bits per heavy atom. The highest BCUT2D eigenvalue weighted by molar-refractivity contribution is 5.87. The number of carboxylic acids is 4. The Labute approximate surface area is 371 Å². The van der Waals surface area contributed by atoms with E-state index in [1.807, 2.05) is 6.92 Å². The van der Waals surface area contributed by atoms with Crippen LogP contribution in [0.15, 0.2) is 0 Å². The van der Waals surface area contributed by atoms with Crippen LogP contribution in [0.25, 0.3) is 0 Å². The number of aliphatic carboxylic acids is 4. The lowest BCUT2D eigenvalue weighted by atomic mass is 10.0. The lowest BCUT2D eigenvalue weighted by molar-refractivity contribution is -0.144. The molecule has 9 N–H and O–H groups in total. The second kappa shape index (κ2) is 38.8. The van der Waals surface area contributed by atoms with Gasteiger partial charge in [0, 0.05) is 45.2 Å². The quantitative estimate of drug-likeness (QED) is 0.0396. The maximum absolute atomic E-state index is 12.3. The average molecular weight is 902 g/mol. The Morgan fingerprint density at radius 3 is 1.19 bits per heavy atom. The fourth-order valence-corrected chi connectivity index (χ4v) is 6.28. The van der Waals surface area contributed by atoms with E-state index in [1.54, 1.807) is 0 Å². The van der Waals surface area contributed by atoms with E-state index in [0.717, 1.165) is 64.2 Å². The fraction of sp³-hybridized carbons (Fsp3) is 0.791. The highest BCUT2D eigenvalue weighted by atomic mass is 16.5. The monoisotopic (exact) mass is 902 g/mol. The summed E-state index contributed by atoms with van der Waals surface area (Å²) in [6.45, 7) is 2.08. The summed E-state index contributed by atoms with van der Waals surface area (Å²) in [5, 5.41) is 49.3. The summed E-state index contributed by atoms with van der Waals surface area (Å²) in [5.74, 6) is -7.39. The summed E-state index contributed by atoms with van der Waals surface area (Å²) in [6, 6.07) is -4.00. The van der Waals surface area contributed by atoms with Crippen LogP contribution in [0.4, 0.5) is 0 Å². The summed E-state index contributed by atoms with van der Waals surface area (Å²) < 4.78 is 10.5. The Balaban J connectivity index is 4.06. The molecule has 0 aromatic carbocycles. The highest BCUT2D eigenvalue weighted by Gasteiger charge is 2.25. The minimum absolute atomic E-state index is 0.0335. The Morgan fingerprint density at radius 1 is 0.397 bits per heavy atom. The van der Waals surface area contributed by atoms with E-state index in [-0.39, 0.29) is 83.1 Å². The number of carboxylic acid groups (broad SMARTS) is 4. The molecule has 0 aliphatic heterocycles. The molecule has 63 heavy (non-hydrogen) atoms. The first kappa shape index (κ1) is 58.1. The first-order valence-electron chi connectivity index (χ1n) is 22.6. The first-order valence-corrected chi connectivity index (χ1v) is 22.6. The van der Waals surface area contributed by atoms with Crippen LogP contribution in [0.3, 0.4) is 0 Å². The maximum atomic E-state index is 12.3. The number of rotatable bonds is 43. The minimum Gasteiger partial charge on any atom is -0.481 e. The Kier molecular flexibility index (Phi) is 35.8. The van der Waals surface area contributed by atoms with Gasteiger partial charge in [-0.3, -0.25) is 28.8 Å². The zero-order valence-corrected chi connectivity index (χ0v) is 37.2. The van der Waals surface area contributed by atoms with Gasteiger partial charge in [-0.05, 0) is 38.5 Å². The summed E-state index contributed by atoms with van der Waals surface area (Å²) in [6.07, 6.45) is 15.6. The predicted molar refractivity (Wildman–Crippen MR) is 230 cm³/mol. The van der Waals surface area contributed by atoms with Crippen molar-refractivity contribution in [3.8, 4) is 0 Å². The molecule has 0 aromatic heterocycles. The van der Waals surface area contributed by atoms with Crippen LogP contribution in [-0.2, 0) is 52.6 Å². The summed E-state index contributed by atoms with van der Waals surface area (Å²) in [5.41, 5.74) is 0. The number of carbonyl (C=O) groups excluding carboxylic acids is 5. The van der Waals surface area contributed by atoms with Crippen LogP contribution < -0.4 is 26.6 Å². The average Bonchev–Trinajstić information content (AvgIpc) is 3.22. The van der Waals surface area contributed by atoms with E-state index in [0.29, 0.717) is 13.0 Å². The van der Waals surface area contributed by atoms with E-state index in [4.69, 9.17) is 14.6 Å². The van der Waals surface area contributed by atoms with Gasteiger partial charge in [-0.2, -0.15) is 0 Å². The molecular formula is C43H75N5O15. The molecule has 0 saturated heterocycles. The van der Waals surface area contributed by atoms with Gasteiger partial charge < -0.3 is 56.5 Å². The van der Waals surface area contributed by atoms with Crippen molar-refractivity contribution in [1.29, 1.82) is 0 Å². The molecule has 0 aliphatic carbocycles. The minimum atomic E-state index is -1.45. The molecule has 0 spiro atoms. The first-order chi connectivity index (χ1) is 30.2. The number of unbranched alkanes of at least 4 members (excludes halogenated alkanes) is 14. The van der Waals surface area contributed by atoms with Crippen molar-refractivity contribution >= 4 is 53.4 Å². The van der Waals surface area contributed by atoms with Gasteiger partial charge in [-0.15, -0.1) is 0 Å². The number of carbonyl (C=O) groups is 9. The smallest absolute Gasteiger partial charge is 0.326 e. The zero-order valence-electron chi connectivity index (χ0n) is 37.2. The number of ether oxygens (including phenoxy) is 2. The van der Waals surface area contributed by atoms with Crippen LogP contribution in [0.2, 0.25) is 0 Å². The van der Waals surface area contributed by atoms with Crippen molar-refractivity contribution in [2.45, 2.75) is 179 Å². The van der Waals surface area contributed by atoms with Gasteiger partial charge in [0.05, 0.1) is 19.8 Å². The van der Waals surface area contributed by atoms with Gasteiger partial charge in [-0.1, -0.05) is 90.4 Å². The highest BCUT2D eigenvalue weighted by Crippen LogP contribution is 2.14. The summed E-state index contributed by atoms with van der Waals surface area (Å²) in [7, 11) is 0. The normalized spacial score (nSPS) is 12.3. The zero-order chi connectivity index (χ0) is 47.1. The second-order valence-corrected chi connectivity index (χ2v) is 15.6. The van der Waals surface area contributed by atoms with E-state index in [9.17, 15) is 58.5 Å².